The van der Waals surface area contributed by atoms with Gasteiger partial charge in [-0.05, 0) is 23.6 Å². The van der Waals surface area contributed by atoms with E-state index in [9.17, 15) is 4.79 Å². The van der Waals surface area contributed by atoms with Gasteiger partial charge in [0.2, 0.25) is 5.91 Å². The first-order valence-electron chi connectivity index (χ1n) is 6.21. The third-order valence-corrected chi connectivity index (χ3v) is 3.54. The van der Waals surface area contributed by atoms with Gasteiger partial charge in [0.1, 0.15) is 5.75 Å². The Morgan fingerprint density at radius 2 is 2.22 bits per heavy atom. The number of carbonyl (C=O) groups is 1. The van der Waals surface area contributed by atoms with Crippen LogP contribution in [0.5, 0.6) is 5.75 Å². The number of rotatable bonds is 4. The van der Waals surface area contributed by atoms with Gasteiger partial charge in [-0.15, -0.1) is 0 Å². The SMILES string of the molecule is CC(C)(CC(N)c1ccc2c(c1)CCO2)C(N)=O. The maximum Gasteiger partial charge on any atom is 0.223 e. The van der Waals surface area contributed by atoms with E-state index in [1.165, 1.54) is 5.56 Å². The molecule has 0 fully saturated rings. The molecule has 0 radical (unpaired) electrons. The van der Waals surface area contributed by atoms with Crippen LogP contribution in [0.25, 0.3) is 0 Å². The topological polar surface area (TPSA) is 78.3 Å². The van der Waals surface area contributed by atoms with Crippen LogP contribution in [0.4, 0.5) is 0 Å². The summed E-state index contributed by atoms with van der Waals surface area (Å²) in [4.78, 5) is 11.3. The summed E-state index contributed by atoms with van der Waals surface area (Å²) >= 11 is 0. The van der Waals surface area contributed by atoms with Crippen LogP contribution in [-0.2, 0) is 11.2 Å². The van der Waals surface area contributed by atoms with E-state index in [4.69, 9.17) is 16.2 Å². The number of hydrogen-bond acceptors (Lipinski definition) is 3. The van der Waals surface area contributed by atoms with Crippen LogP contribution in [0.2, 0.25) is 0 Å². The maximum absolute atomic E-state index is 11.3. The zero-order valence-electron chi connectivity index (χ0n) is 10.9. The van der Waals surface area contributed by atoms with E-state index < -0.39 is 5.41 Å². The average Bonchev–Trinajstić information content (AvgIpc) is 2.74. The van der Waals surface area contributed by atoms with Crippen molar-refractivity contribution in [3.05, 3.63) is 29.3 Å². The lowest BCUT2D eigenvalue weighted by Crippen LogP contribution is -2.34. The van der Waals surface area contributed by atoms with Gasteiger partial charge in [0.05, 0.1) is 6.61 Å². The number of benzene rings is 1. The fourth-order valence-electron chi connectivity index (χ4n) is 2.21. The number of hydrogen-bond donors (Lipinski definition) is 2. The van der Waals surface area contributed by atoms with Gasteiger partial charge in [0.15, 0.2) is 0 Å². The highest BCUT2D eigenvalue weighted by Crippen LogP contribution is 2.32. The molecule has 4 N–H and O–H groups in total. The summed E-state index contributed by atoms with van der Waals surface area (Å²) in [6.45, 7) is 4.39. The molecule has 0 spiro atoms. The van der Waals surface area contributed by atoms with Crippen molar-refractivity contribution in [2.24, 2.45) is 16.9 Å². The molecule has 0 saturated carbocycles. The molecule has 98 valence electrons. The molecular formula is C14H20N2O2. The van der Waals surface area contributed by atoms with Crippen LogP contribution in [0.1, 0.15) is 37.4 Å². The Kier molecular flexibility index (Phi) is 3.30. The van der Waals surface area contributed by atoms with Gasteiger partial charge in [0.25, 0.3) is 0 Å². The Balaban J connectivity index is 2.14. The highest BCUT2D eigenvalue weighted by Gasteiger charge is 2.28. The predicted octanol–water partition coefficient (Wildman–Crippen LogP) is 1.52. The van der Waals surface area contributed by atoms with Crippen molar-refractivity contribution in [3.8, 4) is 5.75 Å². The van der Waals surface area contributed by atoms with E-state index in [0.29, 0.717) is 6.42 Å². The minimum Gasteiger partial charge on any atom is -0.493 e. The van der Waals surface area contributed by atoms with E-state index in [0.717, 1.165) is 24.3 Å². The predicted molar refractivity (Wildman–Crippen MR) is 70.2 cm³/mol. The molecule has 1 aliphatic heterocycles. The number of primary amides is 1. The Labute approximate surface area is 107 Å². The summed E-state index contributed by atoms with van der Waals surface area (Å²) in [5.41, 5.74) is 13.2. The van der Waals surface area contributed by atoms with Crippen molar-refractivity contribution in [1.29, 1.82) is 0 Å². The molecule has 1 aromatic carbocycles. The van der Waals surface area contributed by atoms with Gasteiger partial charge < -0.3 is 16.2 Å². The smallest absolute Gasteiger partial charge is 0.223 e. The molecule has 1 amide bonds. The highest BCUT2D eigenvalue weighted by atomic mass is 16.5. The quantitative estimate of drug-likeness (QED) is 0.848. The highest BCUT2D eigenvalue weighted by molar-refractivity contribution is 5.79. The van der Waals surface area contributed by atoms with E-state index in [1.54, 1.807) is 0 Å². The standard InChI is InChI=1S/C14H20N2O2/c1-14(2,13(16)17)8-11(15)9-3-4-12-10(7-9)5-6-18-12/h3-4,7,11H,5-6,8,15H2,1-2H3,(H2,16,17). The Hall–Kier alpha value is -1.55. The summed E-state index contributed by atoms with van der Waals surface area (Å²) in [5.74, 6) is 0.627. The number of amides is 1. The van der Waals surface area contributed by atoms with E-state index >= 15 is 0 Å². The minimum absolute atomic E-state index is 0.182. The van der Waals surface area contributed by atoms with Gasteiger partial charge in [-0.3, -0.25) is 4.79 Å². The molecule has 4 heteroatoms. The number of carbonyl (C=O) groups excluding carboxylic acids is 1. The van der Waals surface area contributed by atoms with Crippen molar-refractivity contribution < 1.29 is 9.53 Å². The van der Waals surface area contributed by atoms with Crippen LogP contribution in [0.15, 0.2) is 18.2 Å². The van der Waals surface area contributed by atoms with Crippen molar-refractivity contribution in [2.45, 2.75) is 32.7 Å². The Morgan fingerprint density at radius 1 is 1.50 bits per heavy atom. The molecule has 1 atom stereocenters. The Bertz CT molecular complexity index is 469. The molecule has 18 heavy (non-hydrogen) atoms. The second-order valence-corrected chi connectivity index (χ2v) is 5.52. The third kappa shape index (κ3) is 2.48. The molecule has 0 bridgehead atoms. The molecule has 0 aliphatic carbocycles. The zero-order chi connectivity index (χ0) is 13.3. The summed E-state index contributed by atoms with van der Waals surface area (Å²) in [6.07, 6.45) is 1.47. The fourth-order valence-corrected chi connectivity index (χ4v) is 2.21. The van der Waals surface area contributed by atoms with E-state index in [1.807, 2.05) is 26.0 Å². The molecule has 1 aliphatic rings. The largest absolute Gasteiger partial charge is 0.493 e. The normalized spacial score (nSPS) is 15.9. The second-order valence-electron chi connectivity index (χ2n) is 5.52. The van der Waals surface area contributed by atoms with E-state index in [2.05, 4.69) is 6.07 Å². The first kappa shape index (κ1) is 12.9. The summed E-state index contributed by atoms with van der Waals surface area (Å²) in [5, 5.41) is 0. The van der Waals surface area contributed by atoms with Gasteiger partial charge >= 0.3 is 0 Å². The molecule has 2 rings (SSSR count). The van der Waals surface area contributed by atoms with Crippen LogP contribution >= 0.6 is 0 Å². The van der Waals surface area contributed by atoms with Crippen molar-refractivity contribution in [2.75, 3.05) is 6.61 Å². The number of ether oxygens (including phenoxy) is 1. The Morgan fingerprint density at radius 3 is 2.89 bits per heavy atom. The maximum atomic E-state index is 11.3. The van der Waals surface area contributed by atoms with Crippen molar-refractivity contribution in [3.63, 3.8) is 0 Å². The molecule has 0 aromatic heterocycles. The van der Waals surface area contributed by atoms with Crippen LogP contribution in [0.3, 0.4) is 0 Å². The van der Waals surface area contributed by atoms with Crippen molar-refractivity contribution in [1.82, 2.24) is 0 Å². The third-order valence-electron chi connectivity index (χ3n) is 3.54. The number of nitrogens with two attached hydrogens (primary N) is 2. The molecule has 1 unspecified atom stereocenters. The van der Waals surface area contributed by atoms with Crippen LogP contribution in [0, 0.1) is 5.41 Å². The first-order chi connectivity index (χ1) is 8.40. The van der Waals surface area contributed by atoms with Gasteiger partial charge in [-0.25, -0.2) is 0 Å². The molecular weight excluding hydrogens is 228 g/mol. The summed E-state index contributed by atoms with van der Waals surface area (Å²) < 4.78 is 5.46. The van der Waals surface area contributed by atoms with Gasteiger partial charge in [-0.2, -0.15) is 0 Å². The van der Waals surface area contributed by atoms with Crippen molar-refractivity contribution >= 4 is 5.91 Å². The average molecular weight is 248 g/mol. The lowest BCUT2D eigenvalue weighted by Gasteiger charge is -2.24. The summed E-state index contributed by atoms with van der Waals surface area (Å²) in [6, 6.07) is 5.81. The van der Waals surface area contributed by atoms with E-state index in [-0.39, 0.29) is 11.9 Å². The van der Waals surface area contributed by atoms with Gasteiger partial charge in [-0.1, -0.05) is 26.0 Å². The van der Waals surface area contributed by atoms with Gasteiger partial charge in [0, 0.05) is 17.9 Å². The molecule has 1 aromatic rings. The lowest BCUT2D eigenvalue weighted by molar-refractivity contribution is -0.126. The minimum atomic E-state index is -0.588. The summed E-state index contributed by atoms with van der Waals surface area (Å²) in [7, 11) is 0. The molecule has 4 nitrogen and oxygen atoms in total. The number of fused-ring (bicyclic) bond motifs is 1. The molecule has 0 saturated heterocycles. The lowest BCUT2D eigenvalue weighted by atomic mass is 9.83. The van der Waals surface area contributed by atoms with Crippen LogP contribution in [-0.4, -0.2) is 12.5 Å². The second kappa shape index (κ2) is 4.61. The molecule has 1 heterocycles. The van der Waals surface area contributed by atoms with Crippen LogP contribution < -0.4 is 16.2 Å². The fraction of sp³-hybridized carbons (Fsp3) is 0.500. The first-order valence-corrected chi connectivity index (χ1v) is 6.21. The monoisotopic (exact) mass is 248 g/mol. The zero-order valence-corrected chi connectivity index (χ0v) is 10.9.